The molecule has 0 amide bonds. The third-order valence-corrected chi connectivity index (χ3v) is 6.50. The highest BCUT2D eigenvalue weighted by Crippen LogP contribution is 2.23. The van der Waals surface area contributed by atoms with Gasteiger partial charge in [-0.15, -0.1) is 0 Å². The Bertz CT molecular complexity index is 1140. The van der Waals surface area contributed by atoms with Gasteiger partial charge in [-0.25, -0.2) is 13.2 Å². The van der Waals surface area contributed by atoms with Gasteiger partial charge in [0, 0.05) is 44.5 Å². The number of sulfonamides is 1. The second-order valence-electron chi connectivity index (χ2n) is 6.28. The summed E-state index contributed by atoms with van der Waals surface area (Å²) in [5, 5.41) is 4.32. The summed E-state index contributed by atoms with van der Waals surface area (Å²) in [7, 11) is -0.384. The number of aryl methyl sites for hydroxylation is 3. The van der Waals surface area contributed by atoms with E-state index in [4.69, 9.17) is 4.42 Å². The predicted octanol–water partition coefficient (Wildman–Crippen LogP) is 1.79. The topological polar surface area (TPSA) is 90.3 Å². The van der Waals surface area contributed by atoms with E-state index in [1.165, 1.54) is 28.1 Å². The molecule has 0 aliphatic heterocycles. The fourth-order valence-electron chi connectivity index (χ4n) is 3.04. The maximum Gasteiger partial charge on any atom is 0.419 e. The summed E-state index contributed by atoms with van der Waals surface area (Å²) in [6.07, 6.45) is 0. The van der Waals surface area contributed by atoms with Crippen LogP contribution in [-0.4, -0.2) is 34.1 Å². The van der Waals surface area contributed by atoms with Gasteiger partial charge in [-0.05, 0) is 32.9 Å². The molecule has 0 saturated carbocycles. The van der Waals surface area contributed by atoms with Gasteiger partial charge in [-0.3, -0.25) is 9.25 Å². The van der Waals surface area contributed by atoms with E-state index >= 15 is 0 Å². The van der Waals surface area contributed by atoms with Gasteiger partial charge in [0.25, 0.3) is 0 Å². The molecule has 0 fully saturated rings. The largest absolute Gasteiger partial charge is 0.419 e. The van der Waals surface area contributed by atoms with Gasteiger partial charge in [0.2, 0.25) is 10.0 Å². The molecule has 0 bridgehead atoms. The van der Waals surface area contributed by atoms with Crippen LogP contribution < -0.4 is 5.76 Å². The zero-order valence-corrected chi connectivity index (χ0v) is 16.3. The molecule has 1 aromatic carbocycles. The number of aromatic nitrogens is 3. The first-order valence-corrected chi connectivity index (χ1v) is 9.69. The maximum absolute atomic E-state index is 12.9. The molecule has 0 atom stereocenters. The van der Waals surface area contributed by atoms with Gasteiger partial charge in [0.1, 0.15) is 0 Å². The van der Waals surface area contributed by atoms with E-state index in [2.05, 4.69) is 5.10 Å². The van der Waals surface area contributed by atoms with Crippen LogP contribution in [0.5, 0.6) is 0 Å². The molecule has 0 radical (unpaired) electrons. The third kappa shape index (κ3) is 2.86. The monoisotopic (exact) mass is 378 g/mol. The van der Waals surface area contributed by atoms with E-state index in [9.17, 15) is 13.2 Å². The van der Waals surface area contributed by atoms with E-state index in [1.54, 1.807) is 10.7 Å². The van der Waals surface area contributed by atoms with Gasteiger partial charge < -0.3 is 4.42 Å². The molecule has 2 aromatic heterocycles. The number of hydrogen-bond donors (Lipinski definition) is 0. The predicted molar refractivity (Wildman–Crippen MR) is 97.5 cm³/mol. The number of oxazole rings is 1. The molecule has 0 spiro atoms. The zero-order valence-electron chi connectivity index (χ0n) is 15.5. The Morgan fingerprint density at radius 2 is 1.96 bits per heavy atom. The Balaban J connectivity index is 1.99. The molecule has 3 aromatic rings. The van der Waals surface area contributed by atoms with Crippen LogP contribution in [0.15, 0.2) is 32.3 Å². The van der Waals surface area contributed by atoms with Gasteiger partial charge >= 0.3 is 5.76 Å². The lowest BCUT2D eigenvalue weighted by Crippen LogP contribution is -2.27. The van der Waals surface area contributed by atoms with Crippen LogP contribution in [0.3, 0.4) is 0 Å². The first-order chi connectivity index (χ1) is 12.2. The molecule has 3 rings (SSSR count). The fraction of sp³-hybridized carbons (Fsp3) is 0.412. The van der Waals surface area contributed by atoms with Crippen molar-refractivity contribution in [2.45, 2.75) is 38.8 Å². The second kappa shape index (κ2) is 6.40. The van der Waals surface area contributed by atoms with Crippen molar-refractivity contribution in [3.8, 4) is 0 Å². The van der Waals surface area contributed by atoms with Crippen molar-refractivity contribution in [1.29, 1.82) is 0 Å². The first kappa shape index (κ1) is 18.4. The highest BCUT2D eigenvalue weighted by Gasteiger charge is 2.24. The van der Waals surface area contributed by atoms with Crippen molar-refractivity contribution < 1.29 is 12.8 Å². The van der Waals surface area contributed by atoms with E-state index in [-0.39, 0.29) is 17.0 Å². The minimum absolute atomic E-state index is 0.0868. The normalized spacial score (nSPS) is 12.4. The lowest BCUT2D eigenvalue weighted by molar-refractivity contribution is 0.464. The number of nitrogens with zero attached hydrogens (tertiary/aromatic N) is 4. The third-order valence-electron chi connectivity index (χ3n) is 4.70. The molecular weight excluding hydrogens is 356 g/mol. The summed E-state index contributed by atoms with van der Waals surface area (Å²) in [5.41, 5.74) is 3.45. The molecule has 26 heavy (non-hydrogen) atoms. The molecule has 0 saturated heterocycles. The average molecular weight is 378 g/mol. The van der Waals surface area contributed by atoms with E-state index in [0.717, 1.165) is 17.0 Å². The Hall–Kier alpha value is -2.39. The molecule has 0 aliphatic carbocycles. The van der Waals surface area contributed by atoms with E-state index in [1.807, 2.05) is 27.8 Å². The van der Waals surface area contributed by atoms with Gasteiger partial charge in [-0.2, -0.15) is 9.40 Å². The van der Waals surface area contributed by atoms with E-state index in [0.29, 0.717) is 12.1 Å². The van der Waals surface area contributed by atoms with Crippen LogP contribution in [0, 0.1) is 13.8 Å². The molecule has 140 valence electrons. The Morgan fingerprint density at radius 3 is 2.54 bits per heavy atom. The number of benzene rings is 1. The summed E-state index contributed by atoms with van der Waals surface area (Å²) in [4.78, 5) is 11.9. The molecule has 0 N–H and O–H groups in total. The fourth-order valence-corrected chi connectivity index (χ4v) is 4.20. The smallest absolute Gasteiger partial charge is 0.408 e. The van der Waals surface area contributed by atoms with Crippen molar-refractivity contribution in [1.82, 2.24) is 18.7 Å². The van der Waals surface area contributed by atoms with Crippen LogP contribution in [0.4, 0.5) is 0 Å². The van der Waals surface area contributed by atoms with Gasteiger partial charge in [0.05, 0.1) is 16.1 Å². The van der Waals surface area contributed by atoms with Crippen LogP contribution in [0.25, 0.3) is 11.1 Å². The second-order valence-corrected chi connectivity index (χ2v) is 8.32. The lowest BCUT2D eigenvalue weighted by atomic mass is 10.2. The van der Waals surface area contributed by atoms with Crippen LogP contribution in [-0.2, 0) is 30.2 Å². The summed E-state index contributed by atoms with van der Waals surface area (Å²) < 4.78 is 35.5. The Morgan fingerprint density at radius 1 is 1.27 bits per heavy atom. The summed E-state index contributed by atoms with van der Waals surface area (Å²) >= 11 is 0. The molecular formula is C17H22N4O4S. The van der Waals surface area contributed by atoms with Gasteiger partial charge in [0.15, 0.2) is 5.58 Å². The van der Waals surface area contributed by atoms with Crippen molar-refractivity contribution >= 4 is 21.1 Å². The molecule has 0 unspecified atom stereocenters. The van der Waals surface area contributed by atoms with Crippen LogP contribution in [0.1, 0.15) is 23.9 Å². The highest BCUT2D eigenvalue weighted by atomic mass is 32.2. The van der Waals surface area contributed by atoms with Crippen LogP contribution >= 0.6 is 0 Å². The molecule has 8 nitrogen and oxygen atoms in total. The quantitative estimate of drug-likeness (QED) is 0.675. The Kier molecular flexibility index (Phi) is 4.53. The zero-order chi connectivity index (χ0) is 19.2. The van der Waals surface area contributed by atoms with Crippen molar-refractivity contribution in [2.24, 2.45) is 7.05 Å². The van der Waals surface area contributed by atoms with Crippen LogP contribution in [0.2, 0.25) is 0 Å². The molecule has 0 aliphatic rings. The number of rotatable bonds is 5. The SMILES string of the molecule is CCn1c(=O)oc2cc(S(=O)(=O)N(C)Cc3c(C)nn(C)c3C)ccc21. The molecule has 9 heteroatoms. The average Bonchev–Trinajstić information content (AvgIpc) is 3.03. The summed E-state index contributed by atoms with van der Waals surface area (Å²) in [6.45, 7) is 6.26. The summed E-state index contributed by atoms with van der Waals surface area (Å²) in [5.74, 6) is -0.494. The Labute approximate surface area is 151 Å². The maximum atomic E-state index is 12.9. The van der Waals surface area contributed by atoms with E-state index < -0.39 is 15.8 Å². The lowest BCUT2D eigenvalue weighted by Gasteiger charge is -2.17. The number of fused-ring (bicyclic) bond motifs is 1. The van der Waals surface area contributed by atoms with Crippen molar-refractivity contribution in [3.63, 3.8) is 0 Å². The first-order valence-electron chi connectivity index (χ1n) is 8.25. The van der Waals surface area contributed by atoms with Gasteiger partial charge in [-0.1, -0.05) is 0 Å². The van der Waals surface area contributed by atoms with Crippen molar-refractivity contribution in [2.75, 3.05) is 7.05 Å². The van der Waals surface area contributed by atoms with Crippen molar-refractivity contribution in [3.05, 3.63) is 45.7 Å². The number of hydrogen-bond acceptors (Lipinski definition) is 5. The standard InChI is InChI=1S/C17H22N4O4S/c1-6-21-15-8-7-13(9-16(15)25-17(21)22)26(23,24)19(4)10-14-11(2)18-20(5)12(14)3/h7-9H,6,10H2,1-5H3. The minimum atomic E-state index is -3.74. The molecule has 2 heterocycles. The summed E-state index contributed by atoms with van der Waals surface area (Å²) in [6, 6.07) is 4.50. The minimum Gasteiger partial charge on any atom is -0.408 e. The highest BCUT2D eigenvalue weighted by molar-refractivity contribution is 7.89.